The molecule has 0 spiro atoms. The van der Waals surface area contributed by atoms with E-state index < -0.39 is 31.0 Å². The highest BCUT2D eigenvalue weighted by Crippen LogP contribution is 2.04. The van der Waals surface area contributed by atoms with Crippen LogP contribution in [0.5, 0.6) is 0 Å². The van der Waals surface area contributed by atoms with Crippen LogP contribution in [0.4, 0.5) is 0 Å². The minimum Gasteiger partial charge on any atom is -0.396 e. The number of aliphatic hydroxyl groups excluding tert-OH is 6. The second-order valence-electron chi connectivity index (χ2n) is 3.58. The van der Waals surface area contributed by atoms with Gasteiger partial charge in [0.25, 0.3) is 0 Å². The molecule has 0 aromatic heterocycles. The number of nitrogens with one attached hydrogen (secondary N) is 1. The van der Waals surface area contributed by atoms with Crippen LogP contribution in [0, 0.1) is 0 Å². The van der Waals surface area contributed by atoms with Gasteiger partial charge in [-0.15, -0.1) is 0 Å². The molecular formula is C9H21NO6. The first kappa shape index (κ1) is 15.7. The van der Waals surface area contributed by atoms with Gasteiger partial charge in [-0.2, -0.15) is 0 Å². The van der Waals surface area contributed by atoms with Crippen LogP contribution < -0.4 is 5.32 Å². The number of aliphatic hydroxyl groups is 6. The Labute approximate surface area is 94.0 Å². The normalized spacial score (nSPS) is 19.1. The van der Waals surface area contributed by atoms with Gasteiger partial charge < -0.3 is 36.0 Å². The van der Waals surface area contributed by atoms with E-state index in [0.717, 1.165) is 0 Å². The van der Waals surface area contributed by atoms with Crippen molar-refractivity contribution in [1.29, 1.82) is 0 Å². The largest absolute Gasteiger partial charge is 0.396 e. The SMILES string of the molecule is OCCCNC[C@H](O)[C@@H](O)[C@H](O)[C@H](O)CO. The molecule has 0 aliphatic heterocycles. The van der Waals surface area contributed by atoms with Crippen molar-refractivity contribution in [3.8, 4) is 0 Å². The summed E-state index contributed by atoms with van der Waals surface area (Å²) in [6.45, 7) is -0.171. The fourth-order valence-corrected chi connectivity index (χ4v) is 1.14. The third-order valence-corrected chi connectivity index (χ3v) is 2.19. The smallest absolute Gasteiger partial charge is 0.111 e. The van der Waals surface area contributed by atoms with E-state index in [9.17, 15) is 15.3 Å². The Balaban J connectivity index is 3.83. The summed E-state index contributed by atoms with van der Waals surface area (Å²) in [4.78, 5) is 0. The van der Waals surface area contributed by atoms with Gasteiger partial charge >= 0.3 is 0 Å². The molecule has 0 rings (SSSR count). The van der Waals surface area contributed by atoms with Crippen LogP contribution in [-0.2, 0) is 0 Å². The van der Waals surface area contributed by atoms with Crippen molar-refractivity contribution < 1.29 is 30.6 Å². The second kappa shape index (κ2) is 8.82. The van der Waals surface area contributed by atoms with Gasteiger partial charge in [-0.25, -0.2) is 0 Å². The standard InChI is InChI=1S/C9H21NO6/c11-3-1-2-10-4-6(13)8(15)9(16)7(14)5-12/h6-16H,1-5H2/t6-,7+,8+,9+/m0/s1. The van der Waals surface area contributed by atoms with Gasteiger partial charge in [0.05, 0.1) is 12.7 Å². The molecular weight excluding hydrogens is 218 g/mol. The Morgan fingerprint density at radius 1 is 0.875 bits per heavy atom. The van der Waals surface area contributed by atoms with Crippen molar-refractivity contribution in [2.75, 3.05) is 26.3 Å². The van der Waals surface area contributed by atoms with Crippen LogP contribution in [0.2, 0.25) is 0 Å². The summed E-state index contributed by atoms with van der Waals surface area (Å²) in [7, 11) is 0. The van der Waals surface area contributed by atoms with Crippen molar-refractivity contribution in [2.24, 2.45) is 0 Å². The quantitative estimate of drug-likeness (QED) is 0.207. The average molecular weight is 239 g/mol. The number of hydrogen-bond donors (Lipinski definition) is 7. The highest BCUT2D eigenvalue weighted by atomic mass is 16.4. The molecule has 0 saturated heterocycles. The molecule has 98 valence electrons. The Morgan fingerprint density at radius 2 is 1.44 bits per heavy atom. The molecule has 0 aliphatic rings. The zero-order valence-corrected chi connectivity index (χ0v) is 9.03. The van der Waals surface area contributed by atoms with Crippen LogP contribution in [-0.4, -0.2) is 81.4 Å². The van der Waals surface area contributed by atoms with E-state index in [2.05, 4.69) is 5.32 Å². The zero-order valence-electron chi connectivity index (χ0n) is 9.03. The molecule has 4 atom stereocenters. The molecule has 0 aromatic rings. The maximum absolute atomic E-state index is 9.40. The summed E-state index contributed by atoms with van der Waals surface area (Å²) in [5.74, 6) is 0. The van der Waals surface area contributed by atoms with E-state index in [1.165, 1.54) is 0 Å². The van der Waals surface area contributed by atoms with Gasteiger partial charge in [0.2, 0.25) is 0 Å². The first-order valence-electron chi connectivity index (χ1n) is 5.19. The van der Waals surface area contributed by atoms with E-state index >= 15 is 0 Å². The molecule has 0 amide bonds. The maximum Gasteiger partial charge on any atom is 0.111 e. The average Bonchev–Trinajstić information content (AvgIpc) is 2.31. The first-order chi connectivity index (χ1) is 7.54. The third-order valence-electron chi connectivity index (χ3n) is 2.19. The lowest BCUT2D eigenvalue weighted by Crippen LogP contribution is -2.49. The number of rotatable bonds is 9. The topological polar surface area (TPSA) is 133 Å². The minimum absolute atomic E-state index is 0.0242. The van der Waals surface area contributed by atoms with E-state index in [1.54, 1.807) is 0 Å². The van der Waals surface area contributed by atoms with Crippen molar-refractivity contribution in [3.05, 3.63) is 0 Å². The molecule has 0 bridgehead atoms. The monoisotopic (exact) mass is 239 g/mol. The van der Waals surface area contributed by atoms with Crippen LogP contribution in [0.25, 0.3) is 0 Å². The van der Waals surface area contributed by atoms with E-state index in [-0.39, 0.29) is 13.2 Å². The summed E-state index contributed by atoms with van der Waals surface area (Å²) in [5.41, 5.74) is 0. The molecule has 16 heavy (non-hydrogen) atoms. The lowest BCUT2D eigenvalue weighted by Gasteiger charge is -2.25. The van der Waals surface area contributed by atoms with Crippen molar-refractivity contribution in [1.82, 2.24) is 5.32 Å². The van der Waals surface area contributed by atoms with Crippen molar-refractivity contribution in [2.45, 2.75) is 30.8 Å². The van der Waals surface area contributed by atoms with Crippen LogP contribution in [0.15, 0.2) is 0 Å². The molecule has 0 fully saturated rings. The Bertz CT molecular complexity index is 170. The van der Waals surface area contributed by atoms with Crippen LogP contribution >= 0.6 is 0 Å². The molecule has 0 radical (unpaired) electrons. The molecule has 7 heteroatoms. The minimum atomic E-state index is -1.60. The zero-order chi connectivity index (χ0) is 12.6. The molecule has 0 aromatic carbocycles. The highest BCUT2D eigenvalue weighted by Gasteiger charge is 2.29. The molecule has 7 nitrogen and oxygen atoms in total. The van der Waals surface area contributed by atoms with Gasteiger partial charge in [-0.1, -0.05) is 0 Å². The summed E-state index contributed by atoms with van der Waals surface area (Å²) in [5, 5.41) is 56.9. The highest BCUT2D eigenvalue weighted by molar-refractivity contribution is 4.81. The van der Waals surface area contributed by atoms with Gasteiger partial charge in [-0.3, -0.25) is 0 Å². The van der Waals surface area contributed by atoms with Gasteiger partial charge in [0, 0.05) is 13.2 Å². The predicted molar refractivity (Wildman–Crippen MR) is 55.7 cm³/mol. The van der Waals surface area contributed by atoms with E-state index in [1.807, 2.05) is 0 Å². The Morgan fingerprint density at radius 3 is 1.94 bits per heavy atom. The predicted octanol–water partition coefficient (Wildman–Crippen LogP) is -3.61. The molecule has 7 N–H and O–H groups in total. The van der Waals surface area contributed by atoms with E-state index in [4.69, 9.17) is 15.3 Å². The maximum atomic E-state index is 9.40. The van der Waals surface area contributed by atoms with Gasteiger partial charge in [-0.05, 0) is 13.0 Å². The van der Waals surface area contributed by atoms with Crippen LogP contribution in [0.3, 0.4) is 0 Å². The van der Waals surface area contributed by atoms with Crippen molar-refractivity contribution in [3.63, 3.8) is 0 Å². The second-order valence-corrected chi connectivity index (χ2v) is 3.58. The fraction of sp³-hybridized carbons (Fsp3) is 1.00. The lowest BCUT2D eigenvalue weighted by molar-refractivity contribution is -0.113. The summed E-state index contributed by atoms with van der Waals surface area (Å²) in [6, 6.07) is 0. The van der Waals surface area contributed by atoms with E-state index in [0.29, 0.717) is 13.0 Å². The molecule has 0 unspecified atom stereocenters. The third kappa shape index (κ3) is 5.71. The molecule has 0 saturated carbocycles. The van der Waals surface area contributed by atoms with Gasteiger partial charge in [0.1, 0.15) is 18.3 Å². The molecule has 0 heterocycles. The fourth-order valence-electron chi connectivity index (χ4n) is 1.14. The van der Waals surface area contributed by atoms with Crippen molar-refractivity contribution >= 4 is 0 Å². The Kier molecular flexibility index (Phi) is 8.67. The number of hydrogen-bond acceptors (Lipinski definition) is 7. The summed E-state index contributed by atoms with van der Waals surface area (Å²) >= 11 is 0. The summed E-state index contributed by atoms with van der Waals surface area (Å²) in [6.07, 6.45) is -5.36. The lowest BCUT2D eigenvalue weighted by atomic mass is 10.0. The first-order valence-corrected chi connectivity index (χ1v) is 5.19. The van der Waals surface area contributed by atoms with Crippen LogP contribution in [0.1, 0.15) is 6.42 Å². The van der Waals surface area contributed by atoms with Gasteiger partial charge in [0.15, 0.2) is 0 Å². The summed E-state index contributed by atoms with van der Waals surface area (Å²) < 4.78 is 0. The molecule has 0 aliphatic carbocycles. The Hall–Kier alpha value is -0.280.